The van der Waals surface area contributed by atoms with Crippen LogP contribution in [0.3, 0.4) is 0 Å². The van der Waals surface area contributed by atoms with Crippen LogP contribution < -0.4 is 15.5 Å². The second kappa shape index (κ2) is 12.5. The summed E-state index contributed by atoms with van der Waals surface area (Å²) in [6.07, 6.45) is 2.21. The number of hydrogen-bond acceptors (Lipinski definition) is 6. The number of thiazole rings is 1. The Bertz CT molecular complexity index is 1080. The summed E-state index contributed by atoms with van der Waals surface area (Å²) in [5.74, 6) is 0.165. The molecule has 1 aromatic heterocycles. The average molecular weight is 471 g/mol. The van der Waals surface area contributed by atoms with E-state index in [-0.39, 0.29) is 16.5 Å². The van der Waals surface area contributed by atoms with Gasteiger partial charge in [-0.25, -0.2) is 0 Å². The minimum atomic E-state index is -0.167. The Hall–Kier alpha value is -2.68. The molecular formula is C25H34N4O3S. The van der Waals surface area contributed by atoms with Crippen molar-refractivity contribution in [2.75, 3.05) is 32.7 Å². The molecule has 0 spiro atoms. The summed E-state index contributed by atoms with van der Waals surface area (Å²) >= 11 is 1.12. The third-order valence-corrected chi connectivity index (χ3v) is 6.68. The molecule has 1 heterocycles. The number of carbonyl (C=O) groups is 1. The van der Waals surface area contributed by atoms with Gasteiger partial charge in [-0.15, -0.1) is 0 Å². The lowest BCUT2D eigenvalue weighted by Gasteiger charge is -2.26. The summed E-state index contributed by atoms with van der Waals surface area (Å²) in [6, 6.07) is 14.3. The molecule has 8 heteroatoms. The fourth-order valence-corrected chi connectivity index (χ4v) is 4.68. The number of nitrogens with zero attached hydrogens (tertiary/aromatic N) is 1. The lowest BCUT2D eigenvalue weighted by Crippen LogP contribution is -2.38. The largest absolute Gasteiger partial charge is 0.506 e. The van der Waals surface area contributed by atoms with E-state index in [9.17, 15) is 14.7 Å². The number of nitrogens with one attached hydrogen (secondary N) is 3. The fourth-order valence-electron chi connectivity index (χ4n) is 3.79. The highest BCUT2D eigenvalue weighted by molar-refractivity contribution is 7.16. The molecule has 178 valence electrons. The van der Waals surface area contributed by atoms with Crippen molar-refractivity contribution in [3.63, 3.8) is 0 Å². The van der Waals surface area contributed by atoms with Crippen molar-refractivity contribution in [3.8, 4) is 5.75 Å². The van der Waals surface area contributed by atoms with Crippen molar-refractivity contribution in [1.82, 2.24) is 20.5 Å². The lowest BCUT2D eigenvalue weighted by atomic mass is 10.1. The van der Waals surface area contributed by atoms with Gasteiger partial charge in [0.05, 0.1) is 4.70 Å². The average Bonchev–Trinajstić information content (AvgIpc) is 3.20. The van der Waals surface area contributed by atoms with E-state index in [1.807, 2.05) is 12.1 Å². The number of carbonyl (C=O) groups excluding carboxylic acids is 1. The lowest BCUT2D eigenvalue weighted by molar-refractivity contribution is -0.121. The van der Waals surface area contributed by atoms with Crippen molar-refractivity contribution < 1.29 is 9.90 Å². The number of H-pyrrole nitrogens is 1. The summed E-state index contributed by atoms with van der Waals surface area (Å²) in [5, 5.41) is 16.2. The molecule has 0 fully saturated rings. The monoisotopic (exact) mass is 470 g/mol. The minimum absolute atomic E-state index is 0.0690. The van der Waals surface area contributed by atoms with E-state index in [2.05, 4.69) is 58.6 Å². The van der Waals surface area contributed by atoms with Gasteiger partial charge >= 0.3 is 4.87 Å². The first-order valence-electron chi connectivity index (χ1n) is 11.5. The standard InChI is InChI=1S/C25H34N4O3S/c1-18(2)29(16-11-19-6-4-3-5-7-19)17-12-22(31)27-15-14-26-13-10-20-8-9-21(30)23-24(20)33-25(32)28-23/h3-9,18,26,30H,10-17H2,1-2H3,(H,27,31)(H,28,32). The first kappa shape index (κ1) is 25.0. The van der Waals surface area contributed by atoms with E-state index in [0.29, 0.717) is 31.1 Å². The SMILES string of the molecule is CC(C)N(CCC(=O)NCCNCCc1ccc(O)c2[nH]c(=O)sc12)CCc1ccccc1. The number of aromatic hydroxyl groups is 1. The topological polar surface area (TPSA) is 97.5 Å². The van der Waals surface area contributed by atoms with Crippen LogP contribution >= 0.6 is 11.3 Å². The summed E-state index contributed by atoms with van der Waals surface area (Å²) < 4.78 is 0.803. The zero-order valence-corrected chi connectivity index (χ0v) is 20.2. The van der Waals surface area contributed by atoms with Gasteiger partial charge < -0.3 is 25.6 Å². The quantitative estimate of drug-likeness (QED) is 0.288. The van der Waals surface area contributed by atoms with Gasteiger partial charge in [0.1, 0.15) is 11.3 Å². The molecular weight excluding hydrogens is 436 g/mol. The van der Waals surface area contributed by atoms with Crippen LogP contribution in [0.1, 0.15) is 31.4 Å². The number of rotatable bonds is 13. The Labute approximate surface area is 198 Å². The highest BCUT2D eigenvalue weighted by Gasteiger charge is 2.12. The summed E-state index contributed by atoms with van der Waals surface area (Å²) in [7, 11) is 0. The summed E-state index contributed by atoms with van der Waals surface area (Å²) in [6.45, 7) is 8.01. The molecule has 0 bridgehead atoms. The predicted octanol–water partition coefficient (Wildman–Crippen LogP) is 2.89. The van der Waals surface area contributed by atoms with E-state index in [1.165, 1.54) is 5.56 Å². The zero-order valence-electron chi connectivity index (χ0n) is 19.4. The second-order valence-corrected chi connectivity index (χ2v) is 9.41. The van der Waals surface area contributed by atoms with Crippen LogP contribution in [0.15, 0.2) is 47.3 Å². The fraction of sp³-hybridized carbons (Fsp3) is 0.440. The molecule has 0 radical (unpaired) electrons. The molecule has 0 saturated heterocycles. The van der Waals surface area contributed by atoms with Crippen molar-refractivity contribution in [3.05, 3.63) is 63.3 Å². The minimum Gasteiger partial charge on any atom is -0.506 e. The predicted molar refractivity (Wildman–Crippen MR) is 135 cm³/mol. The molecule has 0 unspecified atom stereocenters. The Morgan fingerprint density at radius 1 is 1.06 bits per heavy atom. The first-order valence-corrected chi connectivity index (χ1v) is 12.3. The summed E-state index contributed by atoms with van der Waals surface area (Å²) in [4.78, 5) is 28.7. The molecule has 0 aliphatic rings. The highest BCUT2D eigenvalue weighted by atomic mass is 32.1. The molecule has 0 saturated carbocycles. The third-order valence-electron chi connectivity index (χ3n) is 5.72. The van der Waals surface area contributed by atoms with E-state index in [1.54, 1.807) is 6.07 Å². The van der Waals surface area contributed by atoms with Gasteiger partial charge in [0.2, 0.25) is 5.91 Å². The van der Waals surface area contributed by atoms with Crippen molar-refractivity contribution >= 4 is 27.5 Å². The van der Waals surface area contributed by atoms with Crippen molar-refractivity contribution in [1.29, 1.82) is 0 Å². The first-order chi connectivity index (χ1) is 15.9. The Kier molecular flexibility index (Phi) is 9.47. The number of aromatic nitrogens is 1. The Morgan fingerprint density at radius 2 is 1.85 bits per heavy atom. The third kappa shape index (κ3) is 7.70. The molecule has 7 nitrogen and oxygen atoms in total. The molecule has 0 atom stereocenters. The van der Waals surface area contributed by atoms with Crippen LogP contribution in [0.2, 0.25) is 0 Å². The van der Waals surface area contributed by atoms with Gasteiger partial charge in [-0.1, -0.05) is 47.7 Å². The maximum atomic E-state index is 12.3. The van der Waals surface area contributed by atoms with E-state index in [0.717, 1.165) is 54.1 Å². The van der Waals surface area contributed by atoms with Crippen LogP contribution in [0.4, 0.5) is 0 Å². The van der Waals surface area contributed by atoms with Gasteiger partial charge in [0.25, 0.3) is 0 Å². The molecule has 3 rings (SSSR count). The van der Waals surface area contributed by atoms with Gasteiger partial charge in [-0.2, -0.15) is 0 Å². The van der Waals surface area contributed by atoms with Gasteiger partial charge in [-0.05, 0) is 50.4 Å². The van der Waals surface area contributed by atoms with Gasteiger partial charge in [-0.3, -0.25) is 9.59 Å². The number of amides is 1. The molecule has 33 heavy (non-hydrogen) atoms. The number of hydrogen-bond donors (Lipinski definition) is 4. The van der Waals surface area contributed by atoms with Crippen molar-refractivity contribution in [2.45, 2.75) is 39.2 Å². The Morgan fingerprint density at radius 3 is 2.61 bits per heavy atom. The normalized spacial score (nSPS) is 11.5. The summed E-state index contributed by atoms with van der Waals surface area (Å²) in [5.41, 5.74) is 2.85. The van der Waals surface area contributed by atoms with E-state index in [4.69, 9.17) is 0 Å². The van der Waals surface area contributed by atoms with E-state index < -0.39 is 0 Å². The van der Waals surface area contributed by atoms with Crippen LogP contribution in [0, 0.1) is 0 Å². The highest BCUT2D eigenvalue weighted by Crippen LogP contribution is 2.27. The van der Waals surface area contributed by atoms with Crippen LogP contribution in [-0.2, 0) is 17.6 Å². The maximum Gasteiger partial charge on any atom is 0.305 e. The molecule has 4 N–H and O–H groups in total. The molecule has 2 aromatic carbocycles. The van der Waals surface area contributed by atoms with E-state index >= 15 is 0 Å². The maximum absolute atomic E-state index is 12.3. The number of benzene rings is 2. The zero-order chi connectivity index (χ0) is 23.6. The second-order valence-electron chi connectivity index (χ2n) is 8.43. The van der Waals surface area contributed by atoms with Crippen LogP contribution in [0.25, 0.3) is 10.2 Å². The number of phenols is 1. The van der Waals surface area contributed by atoms with Crippen LogP contribution in [-0.4, -0.2) is 59.7 Å². The number of fused-ring (bicyclic) bond motifs is 1. The molecule has 1 amide bonds. The number of phenolic OH excluding ortho intramolecular Hbond substituents is 1. The molecule has 0 aliphatic carbocycles. The van der Waals surface area contributed by atoms with Gasteiger partial charge in [0.15, 0.2) is 0 Å². The van der Waals surface area contributed by atoms with Crippen LogP contribution in [0.5, 0.6) is 5.75 Å². The molecule has 3 aromatic rings. The smallest absolute Gasteiger partial charge is 0.305 e. The van der Waals surface area contributed by atoms with Gasteiger partial charge in [0, 0.05) is 38.6 Å². The molecule has 0 aliphatic heterocycles. The van der Waals surface area contributed by atoms with Crippen molar-refractivity contribution in [2.24, 2.45) is 0 Å². The number of aromatic amines is 1. The Balaban J connectivity index is 1.31.